The topological polar surface area (TPSA) is 116 Å². The standard InChI is InChI=1S/C28H52N4O6/c1-11-23(38-12-2)17-32(28(37)30(9)22(18-33)15-20(5)6)27(36)29-26(35)24(16-21(7)8)31(10)25(34)14-13-19(3)4/h18-24H,11-17H2,1-10H3,(H,29,35,36)/t22-,23+,24-/m0/s1. The zero-order chi connectivity index (χ0) is 29.6. The first-order chi connectivity index (χ1) is 17.7. The van der Waals surface area contributed by atoms with Gasteiger partial charge >= 0.3 is 12.1 Å². The van der Waals surface area contributed by atoms with Crippen molar-refractivity contribution < 1.29 is 28.7 Å². The summed E-state index contributed by atoms with van der Waals surface area (Å²) < 4.78 is 5.67. The van der Waals surface area contributed by atoms with Crippen LogP contribution in [-0.2, 0) is 19.1 Å². The average Bonchev–Trinajstić information content (AvgIpc) is 2.84. The van der Waals surface area contributed by atoms with E-state index >= 15 is 0 Å². The molecule has 0 rings (SSSR count). The third-order valence-electron chi connectivity index (χ3n) is 6.41. The molecule has 220 valence electrons. The first kappa shape index (κ1) is 35.5. The molecule has 0 aliphatic heterocycles. The Hall–Kier alpha value is -2.49. The molecule has 38 heavy (non-hydrogen) atoms. The van der Waals surface area contributed by atoms with Gasteiger partial charge in [0, 0.05) is 27.1 Å². The van der Waals surface area contributed by atoms with Gasteiger partial charge in [-0.2, -0.15) is 0 Å². The van der Waals surface area contributed by atoms with Crippen molar-refractivity contribution in [1.82, 2.24) is 20.0 Å². The van der Waals surface area contributed by atoms with Crippen molar-refractivity contribution in [1.29, 1.82) is 0 Å². The molecule has 10 nitrogen and oxygen atoms in total. The Balaban J connectivity index is 5.98. The van der Waals surface area contributed by atoms with Crippen LogP contribution in [0.25, 0.3) is 0 Å². The summed E-state index contributed by atoms with van der Waals surface area (Å²) in [7, 11) is 3.04. The minimum atomic E-state index is -0.906. The molecule has 0 unspecified atom stereocenters. The van der Waals surface area contributed by atoms with Crippen LogP contribution in [-0.4, -0.2) is 90.3 Å². The van der Waals surface area contributed by atoms with Gasteiger partial charge in [0.25, 0.3) is 5.91 Å². The fourth-order valence-corrected chi connectivity index (χ4v) is 4.01. The molecule has 0 heterocycles. The fraction of sp³-hybridized carbons (Fsp3) is 0.821. The number of hydrogen-bond acceptors (Lipinski definition) is 6. The van der Waals surface area contributed by atoms with Crippen molar-refractivity contribution in [2.45, 2.75) is 106 Å². The van der Waals surface area contributed by atoms with E-state index in [0.29, 0.717) is 50.9 Å². The number of ether oxygens (including phenoxy) is 1. The van der Waals surface area contributed by atoms with Crippen LogP contribution in [0.15, 0.2) is 0 Å². The molecule has 0 bridgehead atoms. The van der Waals surface area contributed by atoms with Gasteiger partial charge < -0.3 is 19.3 Å². The van der Waals surface area contributed by atoms with E-state index in [1.165, 1.54) is 16.8 Å². The molecule has 3 atom stereocenters. The number of rotatable bonds is 16. The first-order valence-corrected chi connectivity index (χ1v) is 13.9. The number of amides is 6. The number of hydrogen-bond donors (Lipinski definition) is 1. The summed E-state index contributed by atoms with van der Waals surface area (Å²) in [6.45, 7) is 15.8. The lowest BCUT2D eigenvalue weighted by molar-refractivity contribution is -0.139. The second-order valence-electron chi connectivity index (χ2n) is 11.2. The van der Waals surface area contributed by atoms with E-state index in [-0.39, 0.29) is 24.3 Å². The van der Waals surface area contributed by atoms with Gasteiger partial charge in [-0.15, -0.1) is 0 Å². The Morgan fingerprint density at radius 1 is 0.868 bits per heavy atom. The maximum absolute atomic E-state index is 13.4. The Labute approximate surface area is 229 Å². The smallest absolute Gasteiger partial charge is 0.332 e. The summed E-state index contributed by atoms with van der Waals surface area (Å²) in [5, 5.41) is 2.35. The number of nitrogens with one attached hydrogen (secondary N) is 1. The number of carbonyl (C=O) groups excluding carboxylic acids is 5. The quantitative estimate of drug-likeness (QED) is 0.292. The first-order valence-electron chi connectivity index (χ1n) is 13.9. The SMILES string of the molecule is CCO[C@H](CC)CN(C(=O)NC(=O)[C@H](CC(C)C)N(C)C(=O)CCC(C)C)C(=O)N(C)[C@H](C=O)CC(C)C. The van der Waals surface area contributed by atoms with Crippen molar-refractivity contribution in [2.75, 3.05) is 27.2 Å². The van der Waals surface area contributed by atoms with Crippen LogP contribution < -0.4 is 5.32 Å². The summed E-state index contributed by atoms with van der Waals surface area (Å²) in [5.41, 5.74) is 0. The number of imide groups is 2. The maximum Gasteiger partial charge on any atom is 0.332 e. The highest BCUT2D eigenvalue weighted by molar-refractivity contribution is 6.04. The molecule has 0 aromatic heterocycles. The van der Waals surface area contributed by atoms with Crippen molar-refractivity contribution >= 4 is 30.2 Å². The van der Waals surface area contributed by atoms with Gasteiger partial charge in [-0.25, -0.2) is 14.5 Å². The van der Waals surface area contributed by atoms with E-state index in [1.807, 2.05) is 55.4 Å². The summed E-state index contributed by atoms with van der Waals surface area (Å²) in [6.07, 6.45) is 2.57. The van der Waals surface area contributed by atoms with Crippen molar-refractivity contribution in [2.24, 2.45) is 17.8 Å². The second kappa shape index (κ2) is 17.9. The molecular formula is C28H52N4O6. The second-order valence-corrected chi connectivity index (χ2v) is 11.2. The molecule has 6 amide bonds. The molecule has 0 fully saturated rings. The molecular weight excluding hydrogens is 488 g/mol. The van der Waals surface area contributed by atoms with Crippen molar-refractivity contribution in [3.05, 3.63) is 0 Å². The molecule has 0 aliphatic rings. The molecule has 0 radical (unpaired) electrons. The zero-order valence-corrected chi connectivity index (χ0v) is 25.3. The summed E-state index contributed by atoms with van der Waals surface area (Å²) in [4.78, 5) is 68.2. The fourth-order valence-electron chi connectivity index (χ4n) is 4.01. The van der Waals surface area contributed by atoms with Crippen molar-refractivity contribution in [3.8, 4) is 0 Å². The lowest BCUT2D eigenvalue weighted by Crippen LogP contribution is -2.57. The van der Waals surface area contributed by atoms with Crippen LogP contribution in [0.5, 0.6) is 0 Å². The van der Waals surface area contributed by atoms with Gasteiger partial charge in [0.1, 0.15) is 12.3 Å². The highest BCUT2D eigenvalue weighted by Gasteiger charge is 2.34. The number of likely N-dealkylation sites (N-methyl/N-ethyl adjacent to an activating group) is 2. The highest BCUT2D eigenvalue weighted by Crippen LogP contribution is 2.16. The number of urea groups is 2. The zero-order valence-electron chi connectivity index (χ0n) is 25.3. The predicted molar refractivity (Wildman–Crippen MR) is 149 cm³/mol. The highest BCUT2D eigenvalue weighted by atomic mass is 16.5. The van der Waals surface area contributed by atoms with Crippen LogP contribution in [0.2, 0.25) is 0 Å². The molecule has 10 heteroatoms. The average molecular weight is 541 g/mol. The molecule has 0 aromatic rings. The van der Waals surface area contributed by atoms with Crippen LogP contribution in [0.4, 0.5) is 9.59 Å². The van der Waals surface area contributed by atoms with E-state index < -0.39 is 36.2 Å². The number of carbonyl (C=O) groups is 5. The van der Waals surface area contributed by atoms with Crippen LogP contribution >= 0.6 is 0 Å². The third kappa shape index (κ3) is 12.4. The van der Waals surface area contributed by atoms with Gasteiger partial charge in [-0.1, -0.05) is 48.5 Å². The normalized spacial score (nSPS) is 13.7. The van der Waals surface area contributed by atoms with Crippen LogP contribution in [0.3, 0.4) is 0 Å². The van der Waals surface area contributed by atoms with Gasteiger partial charge in [0.2, 0.25) is 5.91 Å². The van der Waals surface area contributed by atoms with E-state index in [9.17, 15) is 24.0 Å². The van der Waals surface area contributed by atoms with Crippen LogP contribution in [0.1, 0.15) is 87.5 Å². The lowest BCUT2D eigenvalue weighted by Gasteiger charge is -2.33. The largest absolute Gasteiger partial charge is 0.377 e. The van der Waals surface area contributed by atoms with E-state index in [1.54, 1.807) is 7.05 Å². The van der Waals surface area contributed by atoms with Gasteiger partial charge in [0.05, 0.1) is 18.7 Å². The summed E-state index contributed by atoms with van der Waals surface area (Å²) in [6, 6.07) is -3.20. The molecule has 1 N–H and O–H groups in total. The summed E-state index contributed by atoms with van der Waals surface area (Å²) >= 11 is 0. The Morgan fingerprint density at radius 2 is 1.45 bits per heavy atom. The van der Waals surface area contributed by atoms with Crippen LogP contribution in [0, 0.1) is 17.8 Å². The van der Waals surface area contributed by atoms with Gasteiger partial charge in [0.15, 0.2) is 0 Å². The van der Waals surface area contributed by atoms with E-state index in [4.69, 9.17) is 4.74 Å². The Morgan fingerprint density at radius 3 is 1.89 bits per heavy atom. The van der Waals surface area contributed by atoms with E-state index in [2.05, 4.69) is 5.32 Å². The predicted octanol–water partition coefficient (Wildman–Crippen LogP) is 4.31. The number of aldehydes is 1. The Kier molecular flexibility index (Phi) is 16.7. The lowest BCUT2D eigenvalue weighted by atomic mass is 10.0. The molecule has 0 spiro atoms. The maximum atomic E-state index is 13.4. The van der Waals surface area contributed by atoms with Gasteiger partial charge in [-0.05, 0) is 50.4 Å². The third-order valence-corrected chi connectivity index (χ3v) is 6.41. The van der Waals surface area contributed by atoms with Gasteiger partial charge in [-0.3, -0.25) is 14.9 Å². The Bertz CT molecular complexity index is 770. The number of nitrogens with zero attached hydrogens (tertiary/aromatic N) is 3. The molecule has 0 aromatic carbocycles. The van der Waals surface area contributed by atoms with E-state index in [0.717, 1.165) is 4.90 Å². The van der Waals surface area contributed by atoms with Crippen molar-refractivity contribution in [3.63, 3.8) is 0 Å². The molecule has 0 aliphatic carbocycles. The summed E-state index contributed by atoms with van der Waals surface area (Å²) in [5.74, 6) is -0.258. The minimum absolute atomic E-state index is 0.0804. The molecule has 0 saturated carbocycles. The monoisotopic (exact) mass is 540 g/mol. The molecule has 0 saturated heterocycles. The minimum Gasteiger partial charge on any atom is -0.377 e.